The van der Waals surface area contributed by atoms with E-state index in [4.69, 9.17) is 0 Å². The lowest BCUT2D eigenvalue weighted by Gasteiger charge is -2.32. The lowest BCUT2D eigenvalue weighted by Crippen LogP contribution is -2.44. The lowest BCUT2D eigenvalue weighted by atomic mass is 9.76. The van der Waals surface area contributed by atoms with Gasteiger partial charge in [-0.3, -0.25) is 4.79 Å². The predicted octanol–water partition coefficient (Wildman–Crippen LogP) is 3.34. The third-order valence-corrected chi connectivity index (χ3v) is 4.50. The second kappa shape index (κ2) is 5.37. The van der Waals surface area contributed by atoms with E-state index in [0.717, 1.165) is 31.5 Å². The molecule has 0 aromatic heterocycles. The number of carbonyl (C=O) groups is 1. The molecule has 1 heterocycles. The fraction of sp³-hybridized carbons (Fsp3) is 0.389. The van der Waals surface area contributed by atoms with Gasteiger partial charge in [0.05, 0.1) is 0 Å². The summed E-state index contributed by atoms with van der Waals surface area (Å²) in [7, 11) is 0. The summed E-state index contributed by atoms with van der Waals surface area (Å²) >= 11 is 0. The molecular weight excluding hydrogens is 246 g/mol. The maximum absolute atomic E-state index is 12.7. The molecule has 2 nitrogen and oxygen atoms in total. The van der Waals surface area contributed by atoms with Gasteiger partial charge in [0, 0.05) is 18.4 Å². The molecule has 3 rings (SSSR count). The number of benzene rings is 2. The number of rotatable bonds is 3. The fourth-order valence-electron chi connectivity index (χ4n) is 3.13. The van der Waals surface area contributed by atoms with Crippen LogP contribution in [-0.2, 0) is 11.2 Å². The quantitative estimate of drug-likeness (QED) is 0.924. The standard InChI is InChI=1S/C18H21NO/c1-18(10-5-11-19-13-18)17(20)12-15-8-4-7-14-6-2-3-9-16(14)15/h2-4,6-9,19H,5,10-13H2,1H3. The third kappa shape index (κ3) is 2.48. The normalized spacial score (nSPS) is 22.9. The summed E-state index contributed by atoms with van der Waals surface area (Å²) in [6, 6.07) is 14.5. The van der Waals surface area contributed by atoms with E-state index in [-0.39, 0.29) is 5.41 Å². The molecule has 104 valence electrons. The van der Waals surface area contributed by atoms with Gasteiger partial charge in [-0.05, 0) is 35.7 Å². The van der Waals surface area contributed by atoms with Crippen LogP contribution in [0.4, 0.5) is 0 Å². The maximum Gasteiger partial charge on any atom is 0.144 e. The number of Topliss-reactive ketones (excluding diaryl/α,β-unsaturated/α-hetero) is 1. The Morgan fingerprint density at radius 1 is 1.20 bits per heavy atom. The number of nitrogens with one attached hydrogen (secondary N) is 1. The number of ketones is 1. The van der Waals surface area contributed by atoms with Crippen LogP contribution in [0.1, 0.15) is 25.3 Å². The van der Waals surface area contributed by atoms with E-state index < -0.39 is 0 Å². The van der Waals surface area contributed by atoms with Crippen molar-refractivity contribution in [2.45, 2.75) is 26.2 Å². The molecule has 1 aliphatic heterocycles. The molecular formula is C18H21NO. The van der Waals surface area contributed by atoms with Crippen molar-refractivity contribution in [1.29, 1.82) is 0 Å². The van der Waals surface area contributed by atoms with Crippen LogP contribution in [0.5, 0.6) is 0 Å². The first-order chi connectivity index (χ1) is 9.69. The predicted molar refractivity (Wildman–Crippen MR) is 82.9 cm³/mol. The zero-order chi connectivity index (χ0) is 14.0. The van der Waals surface area contributed by atoms with Crippen molar-refractivity contribution in [3.05, 3.63) is 48.0 Å². The molecule has 1 atom stereocenters. The van der Waals surface area contributed by atoms with E-state index in [1.165, 1.54) is 10.8 Å². The highest BCUT2D eigenvalue weighted by molar-refractivity contribution is 5.93. The molecule has 0 radical (unpaired) electrons. The Labute approximate surface area is 120 Å². The van der Waals surface area contributed by atoms with Crippen molar-refractivity contribution in [3.8, 4) is 0 Å². The molecule has 0 amide bonds. The van der Waals surface area contributed by atoms with Gasteiger partial charge in [0.15, 0.2) is 0 Å². The van der Waals surface area contributed by atoms with E-state index in [9.17, 15) is 4.79 Å². The van der Waals surface area contributed by atoms with Crippen molar-refractivity contribution < 1.29 is 4.79 Å². The van der Waals surface area contributed by atoms with Gasteiger partial charge in [0.1, 0.15) is 5.78 Å². The molecule has 0 bridgehead atoms. The minimum atomic E-state index is -0.199. The molecule has 1 unspecified atom stereocenters. The number of carbonyl (C=O) groups excluding carboxylic acids is 1. The summed E-state index contributed by atoms with van der Waals surface area (Å²) < 4.78 is 0. The summed E-state index contributed by atoms with van der Waals surface area (Å²) in [6.07, 6.45) is 2.64. The number of hydrogen-bond acceptors (Lipinski definition) is 2. The number of hydrogen-bond donors (Lipinski definition) is 1. The van der Waals surface area contributed by atoms with Crippen molar-refractivity contribution in [2.24, 2.45) is 5.41 Å². The van der Waals surface area contributed by atoms with E-state index in [1.807, 2.05) is 18.2 Å². The minimum Gasteiger partial charge on any atom is -0.316 e. The van der Waals surface area contributed by atoms with Crippen molar-refractivity contribution >= 4 is 16.6 Å². The van der Waals surface area contributed by atoms with Gasteiger partial charge in [0.2, 0.25) is 0 Å². The van der Waals surface area contributed by atoms with Crippen molar-refractivity contribution in [1.82, 2.24) is 5.32 Å². The van der Waals surface area contributed by atoms with Gasteiger partial charge in [-0.1, -0.05) is 49.4 Å². The van der Waals surface area contributed by atoms with Crippen LogP contribution >= 0.6 is 0 Å². The summed E-state index contributed by atoms with van der Waals surface area (Å²) in [4.78, 5) is 12.7. The second-order valence-electron chi connectivity index (χ2n) is 6.08. The van der Waals surface area contributed by atoms with Crippen LogP contribution in [0.2, 0.25) is 0 Å². The summed E-state index contributed by atoms with van der Waals surface area (Å²) in [5, 5.41) is 5.78. The Balaban J connectivity index is 1.87. The zero-order valence-electron chi connectivity index (χ0n) is 12.0. The van der Waals surface area contributed by atoms with E-state index in [1.54, 1.807) is 0 Å². The van der Waals surface area contributed by atoms with Crippen LogP contribution in [0.15, 0.2) is 42.5 Å². The number of fused-ring (bicyclic) bond motifs is 1. The molecule has 1 fully saturated rings. The molecule has 0 spiro atoms. The van der Waals surface area contributed by atoms with Crippen LogP contribution < -0.4 is 5.32 Å². The Bertz CT molecular complexity index is 621. The monoisotopic (exact) mass is 267 g/mol. The van der Waals surface area contributed by atoms with E-state index in [2.05, 4.69) is 36.5 Å². The first kappa shape index (κ1) is 13.3. The topological polar surface area (TPSA) is 29.1 Å². The zero-order valence-corrected chi connectivity index (χ0v) is 12.0. The molecule has 1 saturated heterocycles. The lowest BCUT2D eigenvalue weighted by molar-refractivity contribution is -0.128. The summed E-state index contributed by atoms with van der Waals surface area (Å²) in [5.74, 6) is 0.362. The fourth-order valence-corrected chi connectivity index (χ4v) is 3.13. The Morgan fingerprint density at radius 3 is 2.80 bits per heavy atom. The minimum absolute atomic E-state index is 0.199. The first-order valence-electron chi connectivity index (χ1n) is 7.40. The molecule has 20 heavy (non-hydrogen) atoms. The second-order valence-corrected chi connectivity index (χ2v) is 6.08. The molecule has 1 N–H and O–H groups in total. The van der Waals surface area contributed by atoms with Crippen LogP contribution in [-0.4, -0.2) is 18.9 Å². The van der Waals surface area contributed by atoms with E-state index in [0.29, 0.717) is 12.2 Å². The smallest absolute Gasteiger partial charge is 0.144 e. The molecule has 2 heteroatoms. The average Bonchev–Trinajstić information content (AvgIpc) is 2.48. The first-order valence-corrected chi connectivity index (χ1v) is 7.40. The van der Waals surface area contributed by atoms with Gasteiger partial charge >= 0.3 is 0 Å². The highest BCUT2D eigenvalue weighted by Gasteiger charge is 2.34. The number of piperidine rings is 1. The molecule has 2 aromatic rings. The summed E-state index contributed by atoms with van der Waals surface area (Å²) in [6.45, 7) is 3.96. The highest BCUT2D eigenvalue weighted by Crippen LogP contribution is 2.29. The Hall–Kier alpha value is -1.67. The van der Waals surface area contributed by atoms with Gasteiger partial charge in [-0.2, -0.15) is 0 Å². The van der Waals surface area contributed by atoms with Crippen LogP contribution in [0, 0.1) is 5.41 Å². The van der Waals surface area contributed by atoms with Gasteiger partial charge < -0.3 is 5.32 Å². The van der Waals surface area contributed by atoms with Gasteiger partial charge in [-0.25, -0.2) is 0 Å². The maximum atomic E-state index is 12.7. The van der Waals surface area contributed by atoms with Crippen LogP contribution in [0.25, 0.3) is 10.8 Å². The molecule has 0 aliphatic carbocycles. The van der Waals surface area contributed by atoms with Crippen LogP contribution in [0.3, 0.4) is 0 Å². The van der Waals surface area contributed by atoms with E-state index >= 15 is 0 Å². The van der Waals surface area contributed by atoms with Crippen molar-refractivity contribution in [3.63, 3.8) is 0 Å². The third-order valence-electron chi connectivity index (χ3n) is 4.50. The molecule has 0 saturated carbocycles. The van der Waals surface area contributed by atoms with Crippen molar-refractivity contribution in [2.75, 3.05) is 13.1 Å². The molecule has 1 aliphatic rings. The SMILES string of the molecule is CC1(C(=O)Cc2cccc3ccccc23)CCCNC1. The van der Waals surface area contributed by atoms with Gasteiger partial charge in [-0.15, -0.1) is 0 Å². The summed E-state index contributed by atoms with van der Waals surface area (Å²) in [5.41, 5.74) is 0.953. The average molecular weight is 267 g/mol. The Kier molecular flexibility index (Phi) is 3.58. The Morgan fingerprint density at radius 2 is 2.00 bits per heavy atom. The largest absolute Gasteiger partial charge is 0.316 e. The molecule has 2 aromatic carbocycles. The van der Waals surface area contributed by atoms with Gasteiger partial charge in [0.25, 0.3) is 0 Å². The highest BCUT2D eigenvalue weighted by atomic mass is 16.1.